The molecule has 0 saturated carbocycles. The molecule has 3 heterocycles. The van der Waals surface area contributed by atoms with Gasteiger partial charge in [0.2, 0.25) is 5.91 Å². The molecule has 5 atom stereocenters. The fraction of sp³-hybridized carbons (Fsp3) is 0.552. The van der Waals surface area contributed by atoms with Gasteiger partial charge < -0.3 is 20.1 Å². The molecule has 2 fully saturated rings. The van der Waals surface area contributed by atoms with Crippen LogP contribution in [0.2, 0.25) is 10.0 Å². The van der Waals surface area contributed by atoms with E-state index in [0.717, 1.165) is 6.07 Å². The highest BCUT2D eigenvalue weighted by Gasteiger charge is 2.62. The van der Waals surface area contributed by atoms with Gasteiger partial charge in [-0.05, 0) is 49.8 Å². The van der Waals surface area contributed by atoms with Crippen LogP contribution in [0.15, 0.2) is 30.5 Å². The molecule has 2 saturated heterocycles. The standard InChI is InChI=1S/C29H34Cl2F2N4O3/c1-27(2,3)12-21-29(15-34,25-20(32)11-16(30)13-36-25)22(18-7-6-8-19(31)23(18)33)24(37-21)26(38)35-10-9-17-14-39-28(4,5)40-17/h6-8,11,13,17,21-22,24,37H,9-10,12,14H2,1-5H3,(H,35,38)/t17-,21-,22-,24+,29-/m0/s1. The highest BCUT2D eigenvalue weighted by molar-refractivity contribution is 6.31. The third-order valence-electron chi connectivity index (χ3n) is 7.39. The van der Waals surface area contributed by atoms with Crippen molar-refractivity contribution >= 4 is 29.1 Å². The molecule has 1 amide bonds. The lowest BCUT2D eigenvalue weighted by molar-refractivity contribution is -0.138. The Morgan fingerprint density at radius 2 is 2.02 bits per heavy atom. The van der Waals surface area contributed by atoms with E-state index in [2.05, 4.69) is 21.7 Å². The van der Waals surface area contributed by atoms with Gasteiger partial charge in [-0.25, -0.2) is 8.78 Å². The quantitative estimate of drug-likeness (QED) is 0.430. The molecule has 2 aliphatic rings. The number of carbonyl (C=O) groups is 1. The Bertz CT molecular complexity index is 1310. The minimum absolute atomic E-state index is 0.0172. The number of aromatic nitrogens is 1. The van der Waals surface area contributed by atoms with E-state index in [1.54, 1.807) is 6.07 Å². The number of nitrogens with one attached hydrogen (secondary N) is 2. The summed E-state index contributed by atoms with van der Waals surface area (Å²) in [5, 5.41) is 16.9. The molecule has 1 aromatic heterocycles. The van der Waals surface area contributed by atoms with Gasteiger partial charge in [0.15, 0.2) is 5.79 Å². The van der Waals surface area contributed by atoms with Gasteiger partial charge in [0.25, 0.3) is 0 Å². The zero-order valence-electron chi connectivity index (χ0n) is 23.2. The van der Waals surface area contributed by atoms with Crippen LogP contribution in [0, 0.1) is 28.4 Å². The SMILES string of the molecule is CC(C)(C)C[C@@H]1N[C@@H](C(=O)NCC[C@H]2COC(C)(C)O2)[C@H](c2cccc(Cl)c2F)[C@@]1(C#N)c1ncc(Cl)cc1F. The lowest BCUT2D eigenvalue weighted by Crippen LogP contribution is -2.46. The number of rotatable bonds is 7. The Hall–Kier alpha value is -2.35. The van der Waals surface area contributed by atoms with E-state index < -0.39 is 46.7 Å². The van der Waals surface area contributed by atoms with Crippen molar-refractivity contribution in [2.45, 2.75) is 82.8 Å². The largest absolute Gasteiger partial charge is 0.355 e. The normalized spacial score (nSPS) is 27.9. The van der Waals surface area contributed by atoms with Crippen LogP contribution in [0.5, 0.6) is 0 Å². The van der Waals surface area contributed by atoms with Crippen LogP contribution in [-0.2, 0) is 19.7 Å². The van der Waals surface area contributed by atoms with Gasteiger partial charge in [-0.15, -0.1) is 0 Å². The monoisotopic (exact) mass is 594 g/mol. The first-order valence-corrected chi connectivity index (χ1v) is 14.0. The molecule has 2 aromatic rings. The molecule has 0 bridgehead atoms. The fourth-order valence-electron chi connectivity index (χ4n) is 5.77. The van der Waals surface area contributed by atoms with Gasteiger partial charge in [0, 0.05) is 24.7 Å². The molecule has 0 radical (unpaired) electrons. The third-order valence-corrected chi connectivity index (χ3v) is 7.89. The lowest BCUT2D eigenvalue weighted by Gasteiger charge is -2.36. The van der Waals surface area contributed by atoms with Crippen molar-refractivity contribution in [3.05, 3.63) is 63.4 Å². The average molecular weight is 596 g/mol. The first kappa shape index (κ1) is 30.6. The third kappa shape index (κ3) is 6.12. The van der Waals surface area contributed by atoms with Crippen molar-refractivity contribution < 1.29 is 23.0 Å². The molecule has 4 rings (SSSR count). The van der Waals surface area contributed by atoms with E-state index in [1.165, 1.54) is 18.3 Å². The van der Waals surface area contributed by atoms with Crippen LogP contribution in [0.25, 0.3) is 0 Å². The highest BCUT2D eigenvalue weighted by atomic mass is 35.5. The number of carbonyl (C=O) groups excluding carboxylic acids is 1. The molecule has 2 aliphatic heterocycles. The maximum atomic E-state index is 15.7. The smallest absolute Gasteiger partial charge is 0.237 e. The Kier molecular flexibility index (Phi) is 8.80. The number of hydrogen-bond donors (Lipinski definition) is 2. The predicted molar refractivity (Wildman–Crippen MR) is 148 cm³/mol. The zero-order chi connectivity index (χ0) is 29.5. The molecular weight excluding hydrogens is 561 g/mol. The predicted octanol–water partition coefficient (Wildman–Crippen LogP) is 5.65. The number of pyridine rings is 1. The molecule has 216 valence electrons. The second-order valence-corrected chi connectivity index (χ2v) is 12.9. The molecule has 0 spiro atoms. The summed E-state index contributed by atoms with van der Waals surface area (Å²) in [4.78, 5) is 18.0. The van der Waals surface area contributed by atoms with E-state index in [1.807, 2.05) is 34.6 Å². The summed E-state index contributed by atoms with van der Waals surface area (Å²) in [7, 11) is 0. The summed E-state index contributed by atoms with van der Waals surface area (Å²) < 4.78 is 42.7. The van der Waals surface area contributed by atoms with Gasteiger partial charge in [-0.2, -0.15) is 5.26 Å². The minimum Gasteiger partial charge on any atom is -0.355 e. The first-order chi connectivity index (χ1) is 18.7. The van der Waals surface area contributed by atoms with Crippen LogP contribution in [0.3, 0.4) is 0 Å². The summed E-state index contributed by atoms with van der Waals surface area (Å²) in [6.45, 7) is 10.2. The molecule has 1 aromatic carbocycles. The van der Waals surface area contributed by atoms with Gasteiger partial charge >= 0.3 is 0 Å². The van der Waals surface area contributed by atoms with Crippen molar-refractivity contribution in [3.63, 3.8) is 0 Å². The van der Waals surface area contributed by atoms with E-state index in [4.69, 9.17) is 32.7 Å². The molecule has 11 heteroatoms. The second kappa shape index (κ2) is 11.5. The van der Waals surface area contributed by atoms with Gasteiger partial charge in [0.1, 0.15) is 17.0 Å². The molecule has 7 nitrogen and oxygen atoms in total. The van der Waals surface area contributed by atoms with Crippen LogP contribution < -0.4 is 10.6 Å². The summed E-state index contributed by atoms with van der Waals surface area (Å²) in [5.41, 5.74) is -2.32. The van der Waals surface area contributed by atoms with Gasteiger partial charge in [-0.3, -0.25) is 9.78 Å². The second-order valence-electron chi connectivity index (χ2n) is 12.1. The lowest BCUT2D eigenvalue weighted by atomic mass is 9.64. The summed E-state index contributed by atoms with van der Waals surface area (Å²) in [6.07, 6.45) is 1.89. The van der Waals surface area contributed by atoms with E-state index in [-0.39, 0.29) is 39.4 Å². The van der Waals surface area contributed by atoms with Crippen molar-refractivity contribution in [1.29, 1.82) is 5.26 Å². The molecule has 0 unspecified atom stereocenters. The summed E-state index contributed by atoms with van der Waals surface area (Å²) >= 11 is 12.2. The maximum Gasteiger partial charge on any atom is 0.237 e. The summed E-state index contributed by atoms with van der Waals surface area (Å²) in [6, 6.07) is 5.87. The molecule has 2 N–H and O–H groups in total. The number of hydrogen-bond acceptors (Lipinski definition) is 6. The minimum atomic E-state index is -1.78. The number of halogens is 4. The number of ether oxygens (including phenoxy) is 2. The maximum absolute atomic E-state index is 15.7. The number of nitrogens with zero attached hydrogens (tertiary/aromatic N) is 2. The Balaban J connectivity index is 1.79. The van der Waals surface area contributed by atoms with Crippen LogP contribution in [0.1, 0.15) is 64.6 Å². The summed E-state index contributed by atoms with van der Waals surface area (Å²) in [5.74, 6) is -3.93. The Morgan fingerprint density at radius 3 is 2.62 bits per heavy atom. The van der Waals surface area contributed by atoms with Crippen molar-refractivity contribution in [3.8, 4) is 6.07 Å². The van der Waals surface area contributed by atoms with Gasteiger partial charge in [0.05, 0.1) is 40.6 Å². The number of benzene rings is 1. The van der Waals surface area contributed by atoms with Crippen molar-refractivity contribution in [1.82, 2.24) is 15.6 Å². The van der Waals surface area contributed by atoms with Gasteiger partial charge in [-0.1, -0.05) is 56.1 Å². The molecule has 40 heavy (non-hydrogen) atoms. The molecule has 0 aliphatic carbocycles. The average Bonchev–Trinajstić information content (AvgIpc) is 3.36. The zero-order valence-corrected chi connectivity index (χ0v) is 24.7. The first-order valence-electron chi connectivity index (χ1n) is 13.2. The van der Waals surface area contributed by atoms with Crippen molar-refractivity contribution in [2.24, 2.45) is 5.41 Å². The van der Waals surface area contributed by atoms with Crippen LogP contribution in [0.4, 0.5) is 8.78 Å². The topological polar surface area (TPSA) is 96.3 Å². The Labute approximate surface area is 243 Å². The highest BCUT2D eigenvalue weighted by Crippen LogP contribution is 2.52. The van der Waals surface area contributed by atoms with E-state index in [9.17, 15) is 10.1 Å². The van der Waals surface area contributed by atoms with Crippen LogP contribution in [-0.4, -0.2) is 48.0 Å². The van der Waals surface area contributed by atoms with E-state index in [0.29, 0.717) is 19.4 Å². The molecular formula is C29H34Cl2F2N4O3. The van der Waals surface area contributed by atoms with Crippen LogP contribution >= 0.6 is 23.2 Å². The Morgan fingerprint density at radius 1 is 1.30 bits per heavy atom. The number of amides is 1. The number of nitriles is 1. The van der Waals surface area contributed by atoms with Crippen molar-refractivity contribution in [2.75, 3.05) is 13.2 Å². The fourth-order valence-corrected chi connectivity index (χ4v) is 6.10. The van der Waals surface area contributed by atoms with E-state index >= 15 is 8.78 Å².